The smallest absolute Gasteiger partial charge is 0.265 e. The van der Waals surface area contributed by atoms with Gasteiger partial charge in [-0.25, -0.2) is 8.42 Å². The molecule has 0 atom stereocenters. The van der Waals surface area contributed by atoms with Crippen LogP contribution in [0.15, 0.2) is 60.0 Å². The lowest BCUT2D eigenvalue weighted by Crippen LogP contribution is -2.29. The summed E-state index contributed by atoms with van der Waals surface area (Å²) >= 11 is 1.17. The van der Waals surface area contributed by atoms with Crippen LogP contribution in [0.4, 0.5) is 17.1 Å². The minimum atomic E-state index is -3.42. The average Bonchev–Trinajstić information content (AvgIpc) is 3.30. The normalized spacial score (nSPS) is 14.3. The maximum Gasteiger partial charge on any atom is 0.265 e. The Balaban J connectivity index is 1.37. The molecule has 0 radical (unpaired) electrons. The van der Waals surface area contributed by atoms with Crippen molar-refractivity contribution >= 4 is 50.2 Å². The van der Waals surface area contributed by atoms with Crippen LogP contribution in [-0.2, 0) is 16.6 Å². The number of anilines is 3. The first kappa shape index (κ1) is 24.9. The second-order valence-corrected chi connectivity index (χ2v) is 11.3. The van der Waals surface area contributed by atoms with E-state index in [0.29, 0.717) is 21.8 Å². The van der Waals surface area contributed by atoms with Crippen LogP contribution in [0.1, 0.15) is 44.9 Å². The largest absolute Gasteiger partial charge is 0.322 e. The molecule has 0 spiro atoms. The monoisotopic (exact) mass is 512 g/mol. The van der Waals surface area contributed by atoms with Gasteiger partial charge < -0.3 is 10.6 Å². The van der Waals surface area contributed by atoms with Crippen LogP contribution in [0.5, 0.6) is 0 Å². The molecule has 0 saturated carbocycles. The van der Waals surface area contributed by atoms with E-state index in [2.05, 4.69) is 26.3 Å². The summed E-state index contributed by atoms with van der Waals surface area (Å²) < 4.78 is 25.2. The van der Waals surface area contributed by atoms with E-state index in [0.717, 1.165) is 37.1 Å². The van der Waals surface area contributed by atoms with Crippen LogP contribution in [0.25, 0.3) is 0 Å². The molecule has 2 heterocycles. The van der Waals surface area contributed by atoms with E-state index >= 15 is 0 Å². The van der Waals surface area contributed by atoms with E-state index in [1.165, 1.54) is 36.7 Å². The number of piperidine rings is 1. The molecule has 0 unspecified atom stereocenters. The van der Waals surface area contributed by atoms with Crippen molar-refractivity contribution in [2.45, 2.75) is 25.8 Å². The molecule has 184 valence electrons. The number of thiophene rings is 1. The van der Waals surface area contributed by atoms with Crippen molar-refractivity contribution < 1.29 is 18.0 Å². The van der Waals surface area contributed by atoms with Gasteiger partial charge >= 0.3 is 0 Å². The predicted octanol–water partition coefficient (Wildman–Crippen LogP) is 4.61. The Hall–Kier alpha value is -3.21. The number of nitrogens with one attached hydrogen (secondary N) is 3. The van der Waals surface area contributed by atoms with Gasteiger partial charge in [0, 0.05) is 23.3 Å². The molecule has 1 fully saturated rings. The molecular formula is C25H28N4O4S2. The van der Waals surface area contributed by atoms with Crippen molar-refractivity contribution in [2.75, 3.05) is 34.7 Å². The Kier molecular flexibility index (Phi) is 7.84. The summed E-state index contributed by atoms with van der Waals surface area (Å²) in [4.78, 5) is 28.2. The van der Waals surface area contributed by atoms with Crippen molar-refractivity contribution in [1.82, 2.24) is 4.90 Å². The van der Waals surface area contributed by atoms with E-state index in [4.69, 9.17) is 0 Å². The molecule has 35 heavy (non-hydrogen) atoms. The maximum absolute atomic E-state index is 12.8. The summed E-state index contributed by atoms with van der Waals surface area (Å²) in [5, 5.41) is 7.29. The van der Waals surface area contributed by atoms with Crippen molar-refractivity contribution in [1.29, 1.82) is 0 Å². The van der Waals surface area contributed by atoms with Gasteiger partial charge in [-0.05, 0) is 67.9 Å². The zero-order chi connectivity index (χ0) is 24.8. The third-order valence-electron chi connectivity index (χ3n) is 5.55. The predicted molar refractivity (Wildman–Crippen MR) is 141 cm³/mol. The second kappa shape index (κ2) is 11.0. The van der Waals surface area contributed by atoms with Gasteiger partial charge in [0.15, 0.2) is 0 Å². The van der Waals surface area contributed by atoms with Gasteiger partial charge in [0.2, 0.25) is 10.0 Å². The standard InChI is InChI=1S/C25H28N4O4S2/c1-35(32,33)28-22-10-6-9-21(15-22)27-25(31)23-14-19(17-34-23)24(30)26-20-8-5-7-18(13-20)16-29-11-3-2-4-12-29/h5-10,13-15,17,28H,2-4,11-12,16H2,1H3,(H,26,30)(H,27,31). The van der Waals surface area contributed by atoms with Crippen molar-refractivity contribution in [3.63, 3.8) is 0 Å². The first-order valence-corrected chi connectivity index (χ1v) is 14.1. The Labute approximate surface area is 209 Å². The van der Waals surface area contributed by atoms with Crippen LogP contribution in [0, 0.1) is 0 Å². The van der Waals surface area contributed by atoms with Crippen LogP contribution in [0.2, 0.25) is 0 Å². The molecule has 1 saturated heterocycles. The summed E-state index contributed by atoms with van der Waals surface area (Å²) in [5.74, 6) is -0.663. The molecule has 10 heteroatoms. The number of likely N-dealkylation sites (tertiary alicyclic amines) is 1. The fraction of sp³-hybridized carbons (Fsp3) is 0.280. The molecule has 1 aromatic heterocycles. The lowest BCUT2D eigenvalue weighted by atomic mass is 10.1. The zero-order valence-corrected chi connectivity index (χ0v) is 21.0. The first-order valence-electron chi connectivity index (χ1n) is 11.4. The molecule has 3 aromatic rings. The Morgan fingerprint density at radius 3 is 2.29 bits per heavy atom. The average molecular weight is 513 g/mol. The summed E-state index contributed by atoms with van der Waals surface area (Å²) in [6.45, 7) is 3.08. The van der Waals surface area contributed by atoms with Gasteiger partial charge in [-0.1, -0.05) is 24.6 Å². The van der Waals surface area contributed by atoms with Gasteiger partial charge in [0.25, 0.3) is 11.8 Å². The number of sulfonamides is 1. The molecule has 1 aliphatic heterocycles. The fourth-order valence-electron chi connectivity index (χ4n) is 3.97. The second-order valence-electron chi connectivity index (χ2n) is 8.60. The molecule has 2 aromatic carbocycles. The SMILES string of the molecule is CS(=O)(=O)Nc1cccc(NC(=O)c2cc(C(=O)Nc3cccc(CN4CCCCC4)c3)cs2)c1. The summed E-state index contributed by atoms with van der Waals surface area (Å²) in [6, 6.07) is 15.8. The molecule has 2 amide bonds. The number of benzene rings is 2. The number of carbonyl (C=O) groups excluding carboxylic acids is 2. The minimum absolute atomic E-state index is 0.283. The highest BCUT2D eigenvalue weighted by Crippen LogP contribution is 2.22. The van der Waals surface area contributed by atoms with Gasteiger partial charge in [-0.15, -0.1) is 11.3 Å². The van der Waals surface area contributed by atoms with E-state index in [-0.39, 0.29) is 11.8 Å². The van der Waals surface area contributed by atoms with Crippen LogP contribution < -0.4 is 15.4 Å². The molecule has 0 aliphatic carbocycles. The third kappa shape index (κ3) is 7.38. The Morgan fingerprint density at radius 1 is 0.886 bits per heavy atom. The van der Waals surface area contributed by atoms with Crippen LogP contribution in [0.3, 0.4) is 0 Å². The molecular weight excluding hydrogens is 484 g/mol. The molecule has 8 nitrogen and oxygen atoms in total. The number of hydrogen-bond donors (Lipinski definition) is 3. The van der Waals surface area contributed by atoms with Crippen molar-refractivity contribution in [3.8, 4) is 0 Å². The highest BCUT2D eigenvalue weighted by molar-refractivity contribution is 7.92. The van der Waals surface area contributed by atoms with Gasteiger partial charge in [0.1, 0.15) is 0 Å². The van der Waals surface area contributed by atoms with Crippen molar-refractivity contribution in [2.24, 2.45) is 0 Å². The van der Waals surface area contributed by atoms with Crippen LogP contribution >= 0.6 is 11.3 Å². The van der Waals surface area contributed by atoms with Gasteiger partial charge in [-0.2, -0.15) is 0 Å². The highest BCUT2D eigenvalue weighted by atomic mass is 32.2. The van der Waals surface area contributed by atoms with Crippen molar-refractivity contribution in [3.05, 3.63) is 76.0 Å². The zero-order valence-electron chi connectivity index (χ0n) is 19.4. The molecule has 4 rings (SSSR count). The molecule has 3 N–H and O–H groups in total. The number of rotatable bonds is 8. The summed E-state index contributed by atoms with van der Waals surface area (Å²) in [5.41, 5.74) is 3.06. The first-order chi connectivity index (χ1) is 16.7. The van der Waals surface area contributed by atoms with Gasteiger partial charge in [-0.3, -0.25) is 19.2 Å². The van der Waals surface area contributed by atoms with Crippen LogP contribution in [-0.4, -0.2) is 44.5 Å². The molecule has 1 aliphatic rings. The van der Waals surface area contributed by atoms with E-state index < -0.39 is 10.0 Å². The quantitative estimate of drug-likeness (QED) is 0.409. The van der Waals surface area contributed by atoms with E-state index in [1.807, 2.05) is 18.2 Å². The number of hydrogen-bond acceptors (Lipinski definition) is 6. The third-order valence-corrected chi connectivity index (χ3v) is 7.08. The minimum Gasteiger partial charge on any atom is -0.322 e. The van der Waals surface area contributed by atoms with E-state index in [1.54, 1.807) is 29.6 Å². The summed E-state index contributed by atoms with van der Waals surface area (Å²) in [7, 11) is -3.42. The Bertz CT molecular complexity index is 1310. The fourth-order valence-corrected chi connectivity index (χ4v) is 5.31. The number of nitrogens with zero attached hydrogens (tertiary/aromatic N) is 1. The highest BCUT2D eigenvalue weighted by Gasteiger charge is 2.15. The number of carbonyl (C=O) groups is 2. The maximum atomic E-state index is 12.8. The molecule has 0 bridgehead atoms. The number of amides is 2. The lowest BCUT2D eigenvalue weighted by molar-refractivity contribution is 0.102. The van der Waals surface area contributed by atoms with E-state index in [9.17, 15) is 18.0 Å². The summed E-state index contributed by atoms with van der Waals surface area (Å²) in [6.07, 6.45) is 4.81. The van der Waals surface area contributed by atoms with Gasteiger partial charge in [0.05, 0.1) is 22.4 Å². The lowest BCUT2D eigenvalue weighted by Gasteiger charge is -2.26. The topological polar surface area (TPSA) is 108 Å². The Morgan fingerprint density at radius 2 is 1.54 bits per heavy atom.